The van der Waals surface area contributed by atoms with E-state index in [0.29, 0.717) is 11.4 Å². The summed E-state index contributed by atoms with van der Waals surface area (Å²) in [5.41, 5.74) is -2.31. The summed E-state index contributed by atoms with van der Waals surface area (Å²) >= 11 is 0. The number of rotatable bonds is 2. The molecule has 0 aliphatic heterocycles. The Morgan fingerprint density at radius 1 is 1.30 bits per heavy atom. The SMILES string of the molecule is COc1ccc2cn(-c3cn[nH]c(=O)c3C(F)(F)F)c(C)c2c1. The van der Waals surface area contributed by atoms with Gasteiger partial charge in [-0.2, -0.15) is 18.3 Å². The number of aromatic amines is 1. The number of methoxy groups -OCH3 is 1. The molecule has 0 bridgehead atoms. The van der Waals surface area contributed by atoms with Crippen LogP contribution in [0, 0.1) is 6.92 Å². The Kier molecular flexibility index (Phi) is 3.39. The fourth-order valence-electron chi connectivity index (χ4n) is 2.55. The van der Waals surface area contributed by atoms with E-state index < -0.39 is 17.3 Å². The molecule has 0 amide bonds. The molecule has 0 unspecified atom stereocenters. The van der Waals surface area contributed by atoms with E-state index in [4.69, 9.17) is 4.74 Å². The molecule has 0 fully saturated rings. The van der Waals surface area contributed by atoms with Gasteiger partial charge < -0.3 is 9.30 Å². The van der Waals surface area contributed by atoms with Crippen molar-refractivity contribution in [1.29, 1.82) is 0 Å². The van der Waals surface area contributed by atoms with Crippen molar-refractivity contribution in [1.82, 2.24) is 14.8 Å². The molecule has 0 radical (unpaired) electrons. The van der Waals surface area contributed by atoms with E-state index in [0.717, 1.165) is 17.0 Å². The van der Waals surface area contributed by atoms with Crippen LogP contribution >= 0.6 is 0 Å². The zero-order valence-electron chi connectivity index (χ0n) is 12.2. The average molecular weight is 323 g/mol. The van der Waals surface area contributed by atoms with Crippen LogP contribution in [0.3, 0.4) is 0 Å². The van der Waals surface area contributed by atoms with Crippen LogP contribution in [0.5, 0.6) is 5.75 Å². The maximum atomic E-state index is 13.2. The predicted octanol–water partition coefficient (Wildman–Crippen LogP) is 3.05. The number of nitrogens with one attached hydrogen (secondary N) is 1. The van der Waals surface area contributed by atoms with Gasteiger partial charge in [-0.1, -0.05) is 0 Å². The van der Waals surface area contributed by atoms with Crippen LogP contribution in [-0.2, 0) is 6.18 Å². The highest BCUT2D eigenvalue weighted by Gasteiger charge is 2.38. The number of aryl methyl sites for hydroxylation is 1. The maximum Gasteiger partial charge on any atom is 0.423 e. The number of hydrogen-bond donors (Lipinski definition) is 1. The van der Waals surface area contributed by atoms with Crippen molar-refractivity contribution in [2.75, 3.05) is 7.11 Å². The first-order chi connectivity index (χ1) is 10.8. The van der Waals surface area contributed by atoms with Crippen molar-refractivity contribution in [2.45, 2.75) is 13.1 Å². The number of hydrogen-bond acceptors (Lipinski definition) is 3. The Morgan fingerprint density at radius 2 is 2.04 bits per heavy atom. The van der Waals surface area contributed by atoms with Gasteiger partial charge in [0.25, 0.3) is 5.56 Å². The lowest BCUT2D eigenvalue weighted by molar-refractivity contribution is -0.138. The van der Waals surface area contributed by atoms with E-state index in [-0.39, 0.29) is 5.69 Å². The molecule has 0 saturated carbocycles. The summed E-state index contributed by atoms with van der Waals surface area (Å²) in [4.78, 5) is 11.6. The first-order valence-electron chi connectivity index (χ1n) is 6.64. The summed E-state index contributed by atoms with van der Waals surface area (Å²) < 4.78 is 46.1. The molecule has 1 N–H and O–H groups in total. The molecule has 23 heavy (non-hydrogen) atoms. The van der Waals surface area contributed by atoms with Crippen molar-refractivity contribution < 1.29 is 17.9 Å². The molecule has 5 nitrogen and oxygen atoms in total. The topological polar surface area (TPSA) is 59.9 Å². The van der Waals surface area contributed by atoms with Gasteiger partial charge in [-0.25, -0.2) is 5.10 Å². The molecule has 0 aliphatic carbocycles. The summed E-state index contributed by atoms with van der Waals surface area (Å²) in [6.07, 6.45) is -2.25. The average Bonchev–Trinajstić information content (AvgIpc) is 2.82. The summed E-state index contributed by atoms with van der Waals surface area (Å²) in [5, 5.41) is 6.79. The molecule has 0 aliphatic rings. The molecule has 0 spiro atoms. The number of ether oxygens (including phenoxy) is 1. The zero-order chi connectivity index (χ0) is 16.8. The lowest BCUT2D eigenvalue weighted by Gasteiger charge is -2.13. The number of nitrogens with zero attached hydrogens (tertiary/aromatic N) is 2. The van der Waals surface area contributed by atoms with Crippen LogP contribution in [0.2, 0.25) is 0 Å². The minimum atomic E-state index is -4.79. The molecule has 120 valence electrons. The summed E-state index contributed by atoms with van der Waals surface area (Å²) in [7, 11) is 1.51. The summed E-state index contributed by atoms with van der Waals surface area (Å²) in [5.74, 6) is 0.596. The van der Waals surface area contributed by atoms with E-state index in [1.165, 1.54) is 17.9 Å². The number of aromatic nitrogens is 3. The van der Waals surface area contributed by atoms with Crippen molar-refractivity contribution in [3.05, 3.63) is 52.2 Å². The second-order valence-electron chi connectivity index (χ2n) is 4.99. The molecule has 8 heteroatoms. The highest BCUT2D eigenvalue weighted by molar-refractivity contribution is 5.87. The van der Waals surface area contributed by atoms with Gasteiger partial charge in [0, 0.05) is 22.7 Å². The molecule has 0 saturated heterocycles. The van der Waals surface area contributed by atoms with E-state index in [9.17, 15) is 18.0 Å². The Labute approximate surface area is 128 Å². The Morgan fingerprint density at radius 3 is 2.70 bits per heavy atom. The monoisotopic (exact) mass is 323 g/mol. The van der Waals surface area contributed by atoms with Gasteiger partial charge in [-0.05, 0) is 25.1 Å². The Bertz CT molecular complexity index is 941. The summed E-state index contributed by atoms with van der Waals surface area (Å²) in [6, 6.07) is 5.19. The van der Waals surface area contributed by atoms with Crippen molar-refractivity contribution in [3.8, 4) is 11.4 Å². The quantitative estimate of drug-likeness (QED) is 0.788. The molecule has 3 rings (SSSR count). The van der Waals surface area contributed by atoms with Crippen LogP contribution in [0.25, 0.3) is 16.5 Å². The number of alkyl halides is 3. The number of halogens is 3. The van der Waals surface area contributed by atoms with E-state index >= 15 is 0 Å². The highest BCUT2D eigenvalue weighted by Crippen LogP contribution is 2.33. The fraction of sp³-hybridized carbons (Fsp3) is 0.200. The van der Waals surface area contributed by atoms with Gasteiger partial charge in [0.05, 0.1) is 19.0 Å². The first kappa shape index (κ1) is 15.1. The largest absolute Gasteiger partial charge is 0.497 e. The lowest BCUT2D eigenvalue weighted by atomic mass is 10.2. The number of fused-ring (bicyclic) bond motifs is 1. The lowest BCUT2D eigenvalue weighted by Crippen LogP contribution is -2.25. The van der Waals surface area contributed by atoms with Gasteiger partial charge in [-0.3, -0.25) is 4.79 Å². The van der Waals surface area contributed by atoms with Crippen LogP contribution < -0.4 is 10.3 Å². The molecular formula is C15H12F3N3O2. The van der Waals surface area contributed by atoms with Gasteiger partial charge in [0.15, 0.2) is 0 Å². The van der Waals surface area contributed by atoms with Gasteiger partial charge in [0.2, 0.25) is 0 Å². The third kappa shape index (κ3) is 2.45. The Hall–Kier alpha value is -2.77. The third-order valence-corrected chi connectivity index (χ3v) is 3.66. The highest BCUT2D eigenvalue weighted by atomic mass is 19.4. The van der Waals surface area contributed by atoms with Crippen LogP contribution in [0.15, 0.2) is 35.4 Å². The van der Waals surface area contributed by atoms with Gasteiger partial charge in [-0.15, -0.1) is 0 Å². The molecule has 1 aromatic carbocycles. The number of H-pyrrole nitrogens is 1. The zero-order valence-corrected chi connectivity index (χ0v) is 12.2. The van der Waals surface area contributed by atoms with Crippen LogP contribution in [0.1, 0.15) is 11.3 Å². The second-order valence-corrected chi connectivity index (χ2v) is 4.99. The summed E-state index contributed by atoms with van der Waals surface area (Å²) in [6.45, 7) is 1.67. The van der Waals surface area contributed by atoms with Gasteiger partial charge in [0.1, 0.15) is 11.3 Å². The maximum absolute atomic E-state index is 13.2. The third-order valence-electron chi connectivity index (χ3n) is 3.66. The standard InChI is InChI=1S/C15H12F3N3O2/c1-8-11-5-10(23-2)4-3-9(11)7-21(8)12-6-19-20-14(22)13(12)15(16,17)18/h3-7H,1-2H3,(H,20,22). The smallest absolute Gasteiger partial charge is 0.423 e. The Balaban J connectivity index is 2.32. The minimum Gasteiger partial charge on any atom is -0.497 e. The molecule has 2 heterocycles. The first-order valence-corrected chi connectivity index (χ1v) is 6.64. The molecule has 3 aromatic rings. The molecule has 2 aromatic heterocycles. The van der Waals surface area contributed by atoms with E-state index in [1.807, 2.05) is 5.10 Å². The fourth-order valence-corrected chi connectivity index (χ4v) is 2.55. The van der Waals surface area contributed by atoms with Crippen molar-refractivity contribution in [2.24, 2.45) is 0 Å². The molecule has 0 atom stereocenters. The second kappa shape index (κ2) is 5.15. The van der Waals surface area contributed by atoms with Crippen molar-refractivity contribution in [3.63, 3.8) is 0 Å². The predicted molar refractivity (Wildman–Crippen MR) is 78.0 cm³/mol. The number of benzene rings is 1. The van der Waals surface area contributed by atoms with Crippen LogP contribution in [0.4, 0.5) is 13.2 Å². The van der Waals surface area contributed by atoms with E-state index in [1.54, 1.807) is 25.1 Å². The van der Waals surface area contributed by atoms with Gasteiger partial charge >= 0.3 is 6.18 Å². The normalized spacial score (nSPS) is 11.9. The molecular weight excluding hydrogens is 311 g/mol. The van der Waals surface area contributed by atoms with E-state index in [2.05, 4.69) is 5.10 Å². The minimum absolute atomic E-state index is 0.311. The van der Waals surface area contributed by atoms with Crippen LogP contribution in [-0.4, -0.2) is 21.9 Å². The van der Waals surface area contributed by atoms with Crippen molar-refractivity contribution >= 4 is 10.8 Å².